The maximum atomic E-state index is 13.0. The molecule has 1 aromatic carbocycles. The summed E-state index contributed by atoms with van der Waals surface area (Å²) in [6, 6.07) is 10.2. The van der Waals surface area contributed by atoms with E-state index in [1.54, 1.807) is 24.3 Å². The van der Waals surface area contributed by atoms with Gasteiger partial charge in [0.1, 0.15) is 17.3 Å². The quantitative estimate of drug-likeness (QED) is 0.669. The third-order valence-corrected chi connectivity index (χ3v) is 5.84. The molecule has 1 aromatic heterocycles. The van der Waals surface area contributed by atoms with Crippen molar-refractivity contribution in [3.05, 3.63) is 54.1 Å². The Kier molecular flexibility index (Phi) is 4.25. The molecule has 2 aromatic rings. The lowest BCUT2D eigenvalue weighted by molar-refractivity contribution is -0.127. The van der Waals surface area contributed by atoms with Gasteiger partial charge in [-0.2, -0.15) is 0 Å². The molecule has 4 heteroatoms. The first-order valence-corrected chi connectivity index (χ1v) is 9.58. The van der Waals surface area contributed by atoms with E-state index in [0.29, 0.717) is 23.0 Å². The van der Waals surface area contributed by atoms with Crippen molar-refractivity contribution in [1.82, 2.24) is 4.90 Å². The third kappa shape index (κ3) is 3.71. The lowest BCUT2D eigenvalue weighted by atomic mass is 9.65. The summed E-state index contributed by atoms with van der Waals surface area (Å²) >= 11 is 0. The Bertz CT molecular complexity index is 880. The van der Waals surface area contributed by atoms with E-state index >= 15 is 0 Å². The van der Waals surface area contributed by atoms with Gasteiger partial charge in [-0.15, -0.1) is 0 Å². The van der Waals surface area contributed by atoms with E-state index in [0.717, 1.165) is 24.9 Å². The van der Waals surface area contributed by atoms with Crippen molar-refractivity contribution in [2.45, 2.75) is 46.1 Å². The standard InChI is InChI=1S/C23H26FNO2/c1-22(2)12-18-13-23(3,14-22)15-25(18)21(26)11-9-19-8-10-20(27-19)16-4-6-17(24)7-5-16/h4-11,18H,12-15H2,1-3H3. The second-order valence-electron chi connectivity index (χ2n) is 9.22. The first-order valence-electron chi connectivity index (χ1n) is 9.58. The molecule has 2 heterocycles. The normalized spacial score (nSPS) is 26.7. The van der Waals surface area contributed by atoms with Crippen molar-refractivity contribution < 1.29 is 13.6 Å². The van der Waals surface area contributed by atoms with Gasteiger partial charge in [0.2, 0.25) is 5.91 Å². The van der Waals surface area contributed by atoms with Crippen molar-refractivity contribution in [3.63, 3.8) is 0 Å². The molecule has 2 bridgehead atoms. The second kappa shape index (κ2) is 6.36. The number of amides is 1. The van der Waals surface area contributed by atoms with Crippen LogP contribution in [0.4, 0.5) is 4.39 Å². The van der Waals surface area contributed by atoms with Gasteiger partial charge in [-0.3, -0.25) is 4.79 Å². The van der Waals surface area contributed by atoms with Crippen LogP contribution in [-0.4, -0.2) is 23.4 Å². The van der Waals surface area contributed by atoms with Crippen molar-refractivity contribution in [2.24, 2.45) is 10.8 Å². The highest BCUT2D eigenvalue weighted by Crippen LogP contribution is 2.52. The van der Waals surface area contributed by atoms with Crippen molar-refractivity contribution in [2.75, 3.05) is 6.54 Å². The fraction of sp³-hybridized carbons (Fsp3) is 0.435. The molecule has 2 aliphatic rings. The molecule has 2 atom stereocenters. The molecular weight excluding hydrogens is 341 g/mol. The highest BCUT2D eigenvalue weighted by Gasteiger charge is 2.50. The van der Waals surface area contributed by atoms with Crippen LogP contribution in [-0.2, 0) is 4.79 Å². The molecule has 2 unspecified atom stereocenters. The highest BCUT2D eigenvalue weighted by atomic mass is 19.1. The van der Waals surface area contributed by atoms with E-state index in [1.807, 2.05) is 17.0 Å². The Labute approximate surface area is 159 Å². The number of hydrogen-bond donors (Lipinski definition) is 0. The summed E-state index contributed by atoms with van der Waals surface area (Å²) in [7, 11) is 0. The van der Waals surface area contributed by atoms with Crippen LogP contribution in [0.3, 0.4) is 0 Å². The van der Waals surface area contributed by atoms with E-state index in [9.17, 15) is 9.18 Å². The number of likely N-dealkylation sites (tertiary alicyclic amines) is 1. The molecule has 2 fully saturated rings. The molecule has 142 valence electrons. The molecule has 27 heavy (non-hydrogen) atoms. The summed E-state index contributed by atoms with van der Waals surface area (Å²) in [6.45, 7) is 7.75. The predicted octanol–water partition coefficient (Wildman–Crippen LogP) is 5.53. The number of benzene rings is 1. The fourth-order valence-electron chi connectivity index (χ4n) is 5.18. The summed E-state index contributed by atoms with van der Waals surface area (Å²) < 4.78 is 18.8. The zero-order valence-electron chi connectivity index (χ0n) is 16.2. The Morgan fingerprint density at radius 2 is 1.89 bits per heavy atom. The SMILES string of the molecule is CC1(C)CC2CC(C)(CN2C(=O)C=Cc2ccc(-c3ccc(F)cc3)o2)C1. The van der Waals surface area contributed by atoms with Gasteiger partial charge in [0.15, 0.2) is 0 Å². The first-order chi connectivity index (χ1) is 12.7. The smallest absolute Gasteiger partial charge is 0.246 e. The van der Waals surface area contributed by atoms with Crippen LogP contribution < -0.4 is 0 Å². The zero-order valence-corrected chi connectivity index (χ0v) is 16.2. The lowest BCUT2D eigenvalue weighted by Gasteiger charge is -2.39. The van der Waals surface area contributed by atoms with E-state index in [-0.39, 0.29) is 17.1 Å². The Hall–Kier alpha value is -2.36. The Morgan fingerprint density at radius 3 is 2.63 bits per heavy atom. The summed E-state index contributed by atoms with van der Waals surface area (Å²) in [6.07, 6.45) is 6.68. The first kappa shape index (κ1) is 18.0. The molecule has 1 amide bonds. The summed E-state index contributed by atoms with van der Waals surface area (Å²) in [4.78, 5) is 14.8. The van der Waals surface area contributed by atoms with Crippen LogP contribution in [0.15, 0.2) is 46.9 Å². The van der Waals surface area contributed by atoms with Crippen molar-refractivity contribution >= 4 is 12.0 Å². The van der Waals surface area contributed by atoms with Gasteiger partial charge >= 0.3 is 0 Å². The highest BCUT2D eigenvalue weighted by molar-refractivity contribution is 5.92. The fourth-order valence-corrected chi connectivity index (χ4v) is 5.18. The topological polar surface area (TPSA) is 33.5 Å². The van der Waals surface area contributed by atoms with Gasteiger partial charge in [-0.1, -0.05) is 20.8 Å². The average Bonchev–Trinajstić information content (AvgIpc) is 3.14. The Morgan fingerprint density at radius 1 is 1.15 bits per heavy atom. The number of nitrogens with zero attached hydrogens (tertiary/aromatic N) is 1. The minimum absolute atomic E-state index is 0.0566. The summed E-state index contributed by atoms with van der Waals surface area (Å²) in [5, 5.41) is 0. The number of furan rings is 1. The number of carbonyl (C=O) groups is 1. The summed E-state index contributed by atoms with van der Waals surface area (Å²) in [5.41, 5.74) is 1.34. The molecule has 1 aliphatic carbocycles. The number of halogens is 1. The molecule has 4 rings (SSSR count). The van der Waals surface area contributed by atoms with Crippen LogP contribution in [0.1, 0.15) is 45.8 Å². The monoisotopic (exact) mass is 367 g/mol. The minimum Gasteiger partial charge on any atom is -0.457 e. The van der Waals surface area contributed by atoms with Crippen molar-refractivity contribution in [1.29, 1.82) is 0 Å². The van der Waals surface area contributed by atoms with Crippen LogP contribution in [0.5, 0.6) is 0 Å². The largest absolute Gasteiger partial charge is 0.457 e. The number of carbonyl (C=O) groups excluding carboxylic acids is 1. The van der Waals surface area contributed by atoms with Crippen LogP contribution >= 0.6 is 0 Å². The maximum absolute atomic E-state index is 13.0. The molecule has 1 saturated carbocycles. The third-order valence-electron chi connectivity index (χ3n) is 5.84. The van der Waals surface area contributed by atoms with E-state index in [2.05, 4.69) is 20.8 Å². The van der Waals surface area contributed by atoms with Crippen LogP contribution in [0.25, 0.3) is 17.4 Å². The van der Waals surface area contributed by atoms with Gasteiger partial charge in [-0.25, -0.2) is 4.39 Å². The average molecular weight is 367 g/mol. The maximum Gasteiger partial charge on any atom is 0.246 e. The molecule has 1 saturated heterocycles. The summed E-state index contributed by atoms with van der Waals surface area (Å²) in [5.74, 6) is 1.06. The number of fused-ring (bicyclic) bond motifs is 2. The predicted molar refractivity (Wildman–Crippen MR) is 104 cm³/mol. The van der Waals surface area contributed by atoms with Crippen molar-refractivity contribution in [3.8, 4) is 11.3 Å². The van der Waals surface area contributed by atoms with Gasteiger partial charge in [0, 0.05) is 24.2 Å². The minimum atomic E-state index is -0.274. The molecule has 0 N–H and O–H groups in total. The second-order valence-corrected chi connectivity index (χ2v) is 9.22. The van der Waals surface area contributed by atoms with Crippen LogP contribution in [0.2, 0.25) is 0 Å². The molecule has 0 radical (unpaired) electrons. The molecule has 3 nitrogen and oxygen atoms in total. The van der Waals surface area contributed by atoms with Gasteiger partial charge in [0.25, 0.3) is 0 Å². The van der Waals surface area contributed by atoms with E-state index in [1.165, 1.54) is 18.6 Å². The number of hydrogen-bond acceptors (Lipinski definition) is 2. The number of rotatable bonds is 3. The molecule has 1 aliphatic heterocycles. The van der Waals surface area contributed by atoms with Gasteiger partial charge < -0.3 is 9.32 Å². The van der Waals surface area contributed by atoms with Crippen LogP contribution in [0, 0.1) is 16.6 Å². The van der Waals surface area contributed by atoms with Gasteiger partial charge in [-0.05, 0) is 72.6 Å². The zero-order chi connectivity index (χ0) is 19.2. The van der Waals surface area contributed by atoms with E-state index in [4.69, 9.17) is 4.42 Å². The lowest BCUT2D eigenvalue weighted by Crippen LogP contribution is -2.36. The van der Waals surface area contributed by atoms with E-state index < -0.39 is 0 Å². The Balaban J connectivity index is 1.46. The molecular formula is C23H26FNO2. The molecule has 0 spiro atoms. The van der Waals surface area contributed by atoms with Gasteiger partial charge in [0.05, 0.1) is 0 Å².